The van der Waals surface area contributed by atoms with E-state index in [0.717, 1.165) is 46.4 Å². The number of rotatable bonds is 5. The molecule has 2 aromatic heterocycles. The molecule has 7 heteroatoms. The number of nitrogens with zero attached hydrogens (tertiary/aromatic N) is 2. The van der Waals surface area contributed by atoms with Crippen LogP contribution in [0.4, 0.5) is 0 Å². The van der Waals surface area contributed by atoms with Crippen LogP contribution in [-0.4, -0.2) is 15.0 Å². The molecule has 0 radical (unpaired) electrons. The van der Waals surface area contributed by atoms with Crippen molar-refractivity contribution in [3.8, 4) is 17.2 Å². The Morgan fingerprint density at radius 1 is 1.00 bits per heavy atom. The molecule has 0 atom stereocenters. The summed E-state index contributed by atoms with van der Waals surface area (Å²) in [6.07, 6.45) is 3.81. The minimum atomic E-state index is -0.552. The first-order valence-electron chi connectivity index (χ1n) is 10.9. The molecule has 2 heterocycles. The second-order valence-corrected chi connectivity index (χ2v) is 8.92. The zero-order chi connectivity index (χ0) is 23.5. The number of aromatic amines is 2. The maximum atomic E-state index is 11.7. The highest BCUT2D eigenvalue weighted by Gasteiger charge is 2.27. The van der Waals surface area contributed by atoms with Crippen molar-refractivity contribution in [2.24, 2.45) is 0 Å². The summed E-state index contributed by atoms with van der Waals surface area (Å²) in [6, 6.07) is 23.8. The number of hydrogen-bond donors (Lipinski definition) is 2. The number of allylic oxidation sites excluding steroid dienone is 1. The van der Waals surface area contributed by atoms with Gasteiger partial charge in [0.25, 0.3) is 5.56 Å². The molecule has 0 spiro atoms. The molecule has 0 amide bonds. The maximum absolute atomic E-state index is 11.7. The second kappa shape index (κ2) is 9.38. The minimum absolute atomic E-state index is 0.311. The molecule has 2 aromatic carbocycles. The lowest BCUT2D eigenvalue weighted by Gasteiger charge is -2.15. The third kappa shape index (κ3) is 4.36. The lowest BCUT2D eigenvalue weighted by molar-refractivity contribution is 0.983. The van der Waals surface area contributed by atoms with Gasteiger partial charge < -0.3 is 4.98 Å². The number of thioether (sulfide) groups is 1. The van der Waals surface area contributed by atoms with E-state index >= 15 is 0 Å². The summed E-state index contributed by atoms with van der Waals surface area (Å²) in [5.74, 6) is 0.311. The molecule has 1 aliphatic carbocycles. The van der Waals surface area contributed by atoms with Crippen LogP contribution in [0.1, 0.15) is 34.5 Å². The number of nitriles is 1. The Morgan fingerprint density at radius 2 is 1.74 bits per heavy atom. The Labute approximate surface area is 200 Å². The van der Waals surface area contributed by atoms with Crippen LogP contribution < -0.4 is 11.2 Å². The molecule has 0 saturated heterocycles. The van der Waals surface area contributed by atoms with E-state index in [1.165, 1.54) is 17.8 Å². The van der Waals surface area contributed by atoms with E-state index in [1.807, 2.05) is 48.5 Å². The highest BCUT2D eigenvalue weighted by atomic mass is 32.2. The summed E-state index contributed by atoms with van der Waals surface area (Å²) in [7, 11) is 0. The van der Waals surface area contributed by atoms with Gasteiger partial charge in [-0.1, -0.05) is 72.4 Å². The molecule has 6 nitrogen and oxygen atoms in total. The maximum Gasteiger partial charge on any atom is 0.325 e. The van der Waals surface area contributed by atoms with Crippen LogP contribution >= 0.6 is 11.8 Å². The van der Waals surface area contributed by atoms with Gasteiger partial charge in [-0.2, -0.15) is 5.26 Å². The number of H-pyrrole nitrogens is 2. The topological polar surface area (TPSA) is 102 Å². The van der Waals surface area contributed by atoms with E-state index in [0.29, 0.717) is 22.0 Å². The van der Waals surface area contributed by atoms with Crippen LogP contribution in [0.2, 0.25) is 0 Å². The molecular formula is C27H20N4O2S. The van der Waals surface area contributed by atoms with Crippen molar-refractivity contribution in [3.63, 3.8) is 0 Å². The van der Waals surface area contributed by atoms with Crippen molar-refractivity contribution < 1.29 is 0 Å². The molecule has 0 fully saturated rings. The third-order valence-corrected chi connectivity index (χ3v) is 6.73. The zero-order valence-electron chi connectivity index (χ0n) is 18.2. The van der Waals surface area contributed by atoms with Crippen LogP contribution in [0, 0.1) is 11.3 Å². The quantitative estimate of drug-likeness (QED) is 0.414. The van der Waals surface area contributed by atoms with Crippen molar-refractivity contribution in [2.75, 3.05) is 0 Å². The van der Waals surface area contributed by atoms with Crippen molar-refractivity contribution in [1.29, 1.82) is 5.26 Å². The van der Waals surface area contributed by atoms with Crippen molar-refractivity contribution in [1.82, 2.24) is 15.0 Å². The number of nitrogens with one attached hydrogen (secondary N) is 2. The first-order valence-corrected chi connectivity index (χ1v) is 11.8. The Bertz CT molecular complexity index is 1520. The van der Waals surface area contributed by atoms with Gasteiger partial charge in [-0.25, -0.2) is 9.78 Å². The Morgan fingerprint density at radius 3 is 2.44 bits per heavy atom. The number of benzene rings is 2. The van der Waals surface area contributed by atoms with Gasteiger partial charge in [0.2, 0.25) is 0 Å². The van der Waals surface area contributed by atoms with Gasteiger partial charge in [0, 0.05) is 23.1 Å². The monoisotopic (exact) mass is 464 g/mol. The van der Waals surface area contributed by atoms with Gasteiger partial charge in [0.1, 0.15) is 11.1 Å². The summed E-state index contributed by atoms with van der Waals surface area (Å²) in [5.41, 5.74) is 6.10. The molecule has 0 bridgehead atoms. The summed E-state index contributed by atoms with van der Waals surface area (Å²) in [6.45, 7) is 0. The van der Waals surface area contributed by atoms with E-state index in [4.69, 9.17) is 4.98 Å². The molecule has 166 valence electrons. The Hall–Kier alpha value is -4.15. The van der Waals surface area contributed by atoms with E-state index in [2.05, 4.69) is 34.2 Å². The highest BCUT2D eigenvalue weighted by molar-refractivity contribution is 7.98. The van der Waals surface area contributed by atoms with Crippen LogP contribution in [0.15, 0.2) is 81.3 Å². The van der Waals surface area contributed by atoms with Crippen LogP contribution in [0.25, 0.3) is 22.8 Å². The van der Waals surface area contributed by atoms with E-state index in [9.17, 15) is 14.9 Å². The predicted octanol–water partition coefficient (Wildman–Crippen LogP) is 4.78. The molecule has 4 aromatic rings. The Balaban J connectivity index is 1.65. The van der Waals surface area contributed by atoms with Gasteiger partial charge in [0.15, 0.2) is 0 Å². The molecule has 2 N–H and O–H groups in total. The zero-order valence-corrected chi connectivity index (χ0v) is 19.0. The fraction of sp³-hybridized carbons (Fsp3) is 0.111. The number of pyridine rings is 1. The largest absolute Gasteiger partial charge is 0.325 e. The molecule has 1 aliphatic rings. The average Bonchev–Trinajstić information content (AvgIpc) is 3.24. The summed E-state index contributed by atoms with van der Waals surface area (Å²) in [5, 5.41) is 10.7. The van der Waals surface area contributed by atoms with Crippen LogP contribution in [-0.2, 0) is 12.2 Å². The van der Waals surface area contributed by atoms with Crippen molar-refractivity contribution in [2.45, 2.75) is 23.6 Å². The van der Waals surface area contributed by atoms with Crippen LogP contribution in [0.3, 0.4) is 0 Å². The SMILES string of the molecule is N#Cc1c(SCc2cc(=O)[nH]c(=O)[nH]2)nc2c(c1-c1ccccc1)CC/C2=C\c1ccccc1. The molecule has 0 saturated carbocycles. The van der Waals surface area contributed by atoms with Gasteiger partial charge >= 0.3 is 5.69 Å². The second-order valence-electron chi connectivity index (χ2n) is 7.95. The first-order chi connectivity index (χ1) is 16.6. The van der Waals surface area contributed by atoms with Crippen molar-refractivity contribution in [3.05, 3.63) is 116 Å². The predicted molar refractivity (Wildman–Crippen MR) is 134 cm³/mol. The fourth-order valence-corrected chi connectivity index (χ4v) is 5.15. The standard InChI is InChI=1S/C27H20N4O2S/c28-15-22-24(18-9-5-2-6-10-18)21-12-11-19(13-17-7-3-1-4-8-17)25(21)31-26(22)34-16-20-14-23(32)30-27(33)29-20/h1-10,13-14H,11-12,16H2,(H2,29,30,32,33)/b19-13+. The van der Waals surface area contributed by atoms with Crippen LogP contribution in [0.5, 0.6) is 0 Å². The third-order valence-electron chi connectivity index (χ3n) is 5.71. The molecule has 5 rings (SSSR count). The van der Waals surface area contributed by atoms with Gasteiger partial charge in [-0.3, -0.25) is 9.78 Å². The summed E-state index contributed by atoms with van der Waals surface area (Å²) >= 11 is 1.34. The lowest BCUT2D eigenvalue weighted by atomic mass is 9.95. The molecule has 0 aliphatic heterocycles. The lowest BCUT2D eigenvalue weighted by Crippen LogP contribution is -2.22. The highest BCUT2D eigenvalue weighted by Crippen LogP contribution is 2.43. The number of aromatic nitrogens is 3. The van der Waals surface area contributed by atoms with Crippen molar-refractivity contribution >= 4 is 23.4 Å². The molecule has 34 heavy (non-hydrogen) atoms. The fourth-order valence-electron chi connectivity index (χ4n) is 4.25. The minimum Gasteiger partial charge on any atom is -0.310 e. The number of fused-ring (bicyclic) bond motifs is 1. The normalized spacial score (nSPS) is 13.6. The van der Waals surface area contributed by atoms with Gasteiger partial charge in [-0.15, -0.1) is 0 Å². The first kappa shape index (κ1) is 21.7. The summed E-state index contributed by atoms with van der Waals surface area (Å²) in [4.78, 5) is 33.1. The number of hydrogen-bond acceptors (Lipinski definition) is 5. The average molecular weight is 465 g/mol. The summed E-state index contributed by atoms with van der Waals surface area (Å²) < 4.78 is 0. The molecular weight excluding hydrogens is 444 g/mol. The molecule has 0 unspecified atom stereocenters. The van der Waals surface area contributed by atoms with Gasteiger partial charge in [-0.05, 0) is 41.2 Å². The Kier molecular flexibility index (Phi) is 5.98. The van der Waals surface area contributed by atoms with Gasteiger partial charge in [0.05, 0.1) is 11.3 Å². The van der Waals surface area contributed by atoms with E-state index < -0.39 is 11.2 Å². The smallest absolute Gasteiger partial charge is 0.310 e. The van der Waals surface area contributed by atoms with E-state index in [1.54, 1.807) is 0 Å². The van der Waals surface area contributed by atoms with E-state index in [-0.39, 0.29) is 0 Å².